The van der Waals surface area contributed by atoms with Crippen molar-refractivity contribution in [3.63, 3.8) is 0 Å². The van der Waals surface area contributed by atoms with Gasteiger partial charge in [-0.1, -0.05) is 12.1 Å². The standard InChI is InChI=1S/C39H35N5O7/c45-36-26-4-1-3-24-23-7-17-50-31(23)21-28(33(24)26)38(47)43(36)13-11-40-9-2-10-41-12-14-44-37(46)27-5-6-30(42-15-19-49-20-16-42)35-25-8-18-51-32(25)22-29(34(27)35)39(44)48/h1,3-8,17-18,21-22,40-41H,2,9-16,19-20H2. The zero-order valence-corrected chi connectivity index (χ0v) is 27.8. The second-order valence-corrected chi connectivity index (χ2v) is 13.1. The van der Waals surface area contributed by atoms with Crippen LogP contribution in [0.25, 0.3) is 43.5 Å². The molecular formula is C39H35N5O7. The highest BCUT2D eigenvalue weighted by molar-refractivity contribution is 6.31. The molecule has 3 aliphatic rings. The van der Waals surface area contributed by atoms with Crippen molar-refractivity contribution in [2.75, 3.05) is 70.5 Å². The van der Waals surface area contributed by atoms with Crippen molar-refractivity contribution in [2.45, 2.75) is 6.42 Å². The lowest BCUT2D eigenvalue weighted by molar-refractivity contribution is 0.0597. The van der Waals surface area contributed by atoms with Crippen molar-refractivity contribution in [2.24, 2.45) is 0 Å². The molecule has 51 heavy (non-hydrogen) atoms. The Labute approximate surface area is 291 Å². The van der Waals surface area contributed by atoms with E-state index in [4.69, 9.17) is 13.6 Å². The van der Waals surface area contributed by atoms with E-state index >= 15 is 0 Å². The number of benzene rings is 4. The number of nitrogens with zero attached hydrogens (tertiary/aromatic N) is 3. The summed E-state index contributed by atoms with van der Waals surface area (Å²) in [5, 5.41) is 11.5. The van der Waals surface area contributed by atoms with Crippen LogP contribution < -0.4 is 15.5 Å². The first-order valence-electron chi connectivity index (χ1n) is 17.4. The molecule has 258 valence electrons. The van der Waals surface area contributed by atoms with E-state index in [2.05, 4.69) is 15.5 Å². The summed E-state index contributed by atoms with van der Waals surface area (Å²) in [5.41, 5.74) is 4.20. The molecule has 12 nitrogen and oxygen atoms in total. The Balaban J connectivity index is 0.789. The average Bonchev–Trinajstić information content (AvgIpc) is 3.84. The predicted molar refractivity (Wildman–Crippen MR) is 192 cm³/mol. The number of hydrogen-bond acceptors (Lipinski definition) is 10. The number of fused-ring (bicyclic) bond motifs is 4. The van der Waals surface area contributed by atoms with Crippen LogP contribution in [-0.2, 0) is 4.74 Å². The van der Waals surface area contributed by atoms with Gasteiger partial charge in [0.05, 0.1) is 36.9 Å². The van der Waals surface area contributed by atoms with E-state index in [0.717, 1.165) is 46.7 Å². The first-order valence-corrected chi connectivity index (χ1v) is 17.4. The summed E-state index contributed by atoms with van der Waals surface area (Å²) >= 11 is 0. The Hall–Kier alpha value is -5.56. The molecule has 1 fully saturated rings. The van der Waals surface area contributed by atoms with Gasteiger partial charge >= 0.3 is 0 Å². The maximum absolute atomic E-state index is 13.8. The van der Waals surface area contributed by atoms with Crippen LogP contribution in [0.3, 0.4) is 0 Å². The Kier molecular flexibility index (Phi) is 7.79. The molecule has 6 aromatic rings. The summed E-state index contributed by atoms with van der Waals surface area (Å²) in [4.78, 5) is 59.1. The van der Waals surface area contributed by atoms with Crippen LogP contribution in [0, 0.1) is 0 Å². The van der Waals surface area contributed by atoms with Crippen molar-refractivity contribution in [1.29, 1.82) is 0 Å². The number of imide groups is 2. The van der Waals surface area contributed by atoms with Crippen LogP contribution >= 0.6 is 0 Å². The lowest BCUT2D eigenvalue weighted by atomic mass is 9.90. The molecular weight excluding hydrogens is 650 g/mol. The third kappa shape index (κ3) is 5.09. The number of furan rings is 2. The van der Waals surface area contributed by atoms with E-state index in [1.165, 1.54) is 9.80 Å². The Morgan fingerprint density at radius 2 is 1.16 bits per heavy atom. The minimum Gasteiger partial charge on any atom is -0.464 e. The molecule has 0 aliphatic carbocycles. The number of hydrogen-bond donors (Lipinski definition) is 2. The Bertz CT molecular complexity index is 2410. The summed E-state index contributed by atoms with van der Waals surface area (Å²) in [6.45, 7) is 5.36. The maximum Gasteiger partial charge on any atom is 0.261 e. The van der Waals surface area contributed by atoms with E-state index in [0.29, 0.717) is 83.6 Å². The number of amides is 4. The van der Waals surface area contributed by atoms with Crippen molar-refractivity contribution < 1.29 is 32.7 Å². The van der Waals surface area contributed by atoms with E-state index in [1.54, 1.807) is 30.7 Å². The third-order valence-corrected chi connectivity index (χ3v) is 10.3. The zero-order chi connectivity index (χ0) is 34.6. The molecule has 3 aliphatic heterocycles. The summed E-state index contributed by atoms with van der Waals surface area (Å²) in [6.07, 6.45) is 3.98. The SMILES string of the molecule is O=C1c2cccc3c2c(cc2occc23)C(=O)N1CCNCCCNCCN1C(=O)c2ccc(N3CCOCC3)c3c2c(cc2occc23)C1=O. The van der Waals surface area contributed by atoms with Gasteiger partial charge in [0.15, 0.2) is 0 Å². The number of rotatable bonds is 11. The van der Waals surface area contributed by atoms with Crippen LogP contribution in [0.2, 0.25) is 0 Å². The molecule has 0 atom stereocenters. The Morgan fingerprint density at radius 1 is 0.569 bits per heavy atom. The first-order chi connectivity index (χ1) is 25.0. The number of nitrogens with one attached hydrogen (secondary N) is 2. The Morgan fingerprint density at radius 3 is 1.84 bits per heavy atom. The molecule has 4 aromatic carbocycles. The van der Waals surface area contributed by atoms with Crippen molar-refractivity contribution >= 4 is 72.8 Å². The largest absolute Gasteiger partial charge is 0.464 e. The summed E-state index contributed by atoms with van der Waals surface area (Å²) in [6, 6.07) is 16.6. The van der Waals surface area contributed by atoms with Crippen LogP contribution in [0.4, 0.5) is 5.69 Å². The van der Waals surface area contributed by atoms with Crippen molar-refractivity contribution in [3.05, 3.63) is 89.4 Å². The van der Waals surface area contributed by atoms with E-state index in [9.17, 15) is 19.2 Å². The molecule has 1 saturated heterocycles. The van der Waals surface area contributed by atoms with Gasteiger partial charge in [0.25, 0.3) is 23.6 Å². The number of ether oxygens (including phenoxy) is 1. The lowest BCUT2D eigenvalue weighted by Gasteiger charge is -2.32. The molecule has 12 heteroatoms. The lowest BCUT2D eigenvalue weighted by Crippen LogP contribution is -2.44. The topological polar surface area (TPSA) is 138 Å². The third-order valence-electron chi connectivity index (χ3n) is 10.3. The number of anilines is 1. The minimum absolute atomic E-state index is 0.227. The molecule has 9 rings (SSSR count). The van der Waals surface area contributed by atoms with Gasteiger partial charge in [-0.3, -0.25) is 29.0 Å². The van der Waals surface area contributed by atoms with Crippen LogP contribution in [0.15, 0.2) is 76.0 Å². The number of morpholine rings is 1. The first kappa shape index (κ1) is 31.4. The van der Waals surface area contributed by atoms with Gasteiger partial charge in [0.2, 0.25) is 0 Å². The maximum atomic E-state index is 13.8. The van der Waals surface area contributed by atoms with Crippen molar-refractivity contribution in [1.82, 2.24) is 20.4 Å². The highest BCUT2D eigenvalue weighted by atomic mass is 16.5. The second kappa shape index (κ2) is 12.6. The van der Waals surface area contributed by atoms with E-state index in [-0.39, 0.29) is 36.7 Å². The zero-order valence-electron chi connectivity index (χ0n) is 27.8. The predicted octanol–water partition coefficient (Wildman–Crippen LogP) is 4.78. The second-order valence-electron chi connectivity index (χ2n) is 13.1. The van der Waals surface area contributed by atoms with Gasteiger partial charge in [-0.05, 0) is 67.4 Å². The van der Waals surface area contributed by atoms with Gasteiger partial charge in [0.1, 0.15) is 11.2 Å². The fourth-order valence-electron chi connectivity index (χ4n) is 7.82. The summed E-state index contributed by atoms with van der Waals surface area (Å²) < 4.78 is 16.9. The molecule has 4 amide bonds. The number of carbonyl (C=O) groups excluding carboxylic acids is 4. The van der Waals surface area contributed by atoms with Gasteiger partial charge < -0.3 is 29.1 Å². The van der Waals surface area contributed by atoms with Gasteiger partial charge in [-0.2, -0.15) is 0 Å². The summed E-state index contributed by atoms with van der Waals surface area (Å²) in [5.74, 6) is -1.24. The molecule has 0 saturated carbocycles. The molecule has 2 N–H and O–H groups in total. The van der Waals surface area contributed by atoms with E-state index in [1.807, 2.05) is 36.4 Å². The normalized spacial score (nSPS) is 16.2. The van der Waals surface area contributed by atoms with Crippen LogP contribution in [-0.4, -0.2) is 99.0 Å². The quantitative estimate of drug-likeness (QED) is 0.145. The van der Waals surface area contributed by atoms with Gasteiger partial charge in [-0.25, -0.2) is 0 Å². The van der Waals surface area contributed by atoms with Crippen LogP contribution in [0.1, 0.15) is 47.9 Å². The van der Waals surface area contributed by atoms with E-state index < -0.39 is 0 Å². The average molecular weight is 686 g/mol. The molecule has 5 heterocycles. The molecule has 0 radical (unpaired) electrons. The highest BCUT2D eigenvalue weighted by Gasteiger charge is 2.36. The fourth-order valence-corrected chi connectivity index (χ4v) is 7.82. The van der Waals surface area contributed by atoms with Gasteiger partial charge in [-0.15, -0.1) is 0 Å². The molecule has 0 bridgehead atoms. The monoisotopic (exact) mass is 685 g/mol. The highest BCUT2D eigenvalue weighted by Crippen LogP contribution is 2.41. The van der Waals surface area contributed by atoms with Crippen LogP contribution in [0.5, 0.6) is 0 Å². The molecule has 0 unspecified atom stereocenters. The number of carbonyl (C=O) groups is 4. The molecule has 2 aromatic heterocycles. The smallest absolute Gasteiger partial charge is 0.261 e. The fraction of sp³-hybridized carbons (Fsp3) is 0.282. The minimum atomic E-state index is -0.326. The van der Waals surface area contributed by atoms with Crippen molar-refractivity contribution in [3.8, 4) is 0 Å². The summed E-state index contributed by atoms with van der Waals surface area (Å²) in [7, 11) is 0. The molecule has 0 spiro atoms. The van der Waals surface area contributed by atoms with Gasteiger partial charge in [0, 0.05) is 83.0 Å².